The number of hydrogen-bond donors (Lipinski definition) is 1. The fraction of sp³-hybridized carbons (Fsp3) is 0.241. The normalized spacial score (nSPS) is 19.0. The molecule has 1 aromatic heterocycles. The Bertz CT molecular complexity index is 2400. The predicted molar refractivity (Wildman–Crippen MR) is 245 cm³/mol. The van der Waals surface area contributed by atoms with E-state index >= 15 is 0 Å². The van der Waals surface area contributed by atoms with Crippen LogP contribution >= 0.6 is 11.3 Å². The highest BCUT2D eigenvalue weighted by Gasteiger charge is 2.50. The molecule has 8 rings (SSSR count). The molecule has 0 spiro atoms. The lowest BCUT2D eigenvalue weighted by Gasteiger charge is -2.46. The van der Waals surface area contributed by atoms with Crippen LogP contribution in [0.4, 0.5) is 0 Å². The molecule has 1 saturated heterocycles. The van der Waals surface area contributed by atoms with Crippen LogP contribution in [0.3, 0.4) is 0 Å². The zero-order valence-electron chi connectivity index (χ0n) is 35.0. The second-order valence-electron chi connectivity index (χ2n) is 15.6. The first-order valence-electron chi connectivity index (χ1n) is 21.4. The fourth-order valence-corrected chi connectivity index (χ4v) is 8.89. The first kappa shape index (κ1) is 43.7. The molecule has 8 nitrogen and oxygen atoms in total. The maximum Gasteiger partial charge on any atom is 0.341 e. The van der Waals surface area contributed by atoms with Gasteiger partial charge < -0.3 is 33.5 Å². The Morgan fingerprint density at radius 2 is 1.08 bits per heavy atom. The summed E-state index contributed by atoms with van der Waals surface area (Å²) in [7, 11) is 0. The lowest BCUT2D eigenvalue weighted by molar-refractivity contribution is -0.275. The average Bonchev–Trinajstić information content (AvgIpc) is 3.88. The van der Waals surface area contributed by atoms with Gasteiger partial charge in [0.05, 0.1) is 33.0 Å². The van der Waals surface area contributed by atoms with Gasteiger partial charge in [-0.25, -0.2) is 4.79 Å². The highest BCUT2D eigenvalue weighted by Crippen LogP contribution is 2.44. The van der Waals surface area contributed by atoms with Gasteiger partial charge in [0.1, 0.15) is 36.3 Å². The molecule has 9 heteroatoms. The monoisotopic (exact) mass is 860 g/mol. The van der Waals surface area contributed by atoms with Crippen molar-refractivity contribution < 1.29 is 38.3 Å². The van der Waals surface area contributed by atoms with Crippen molar-refractivity contribution in [2.24, 2.45) is 0 Å². The largest absolute Gasteiger partial charge is 0.482 e. The van der Waals surface area contributed by atoms with Crippen molar-refractivity contribution in [2.45, 2.75) is 69.3 Å². The molecule has 0 amide bonds. The lowest BCUT2D eigenvalue weighted by Crippen LogP contribution is -2.58. The molecular weight excluding hydrogens is 809 g/mol. The lowest BCUT2D eigenvalue weighted by atomic mass is 9.85. The number of hydrogen-bond acceptors (Lipinski definition) is 8. The molecule has 0 radical (unpaired) electrons. The summed E-state index contributed by atoms with van der Waals surface area (Å²) in [4.78, 5) is 13.3. The molecule has 63 heavy (non-hydrogen) atoms. The third-order valence-electron chi connectivity index (χ3n) is 11.1. The van der Waals surface area contributed by atoms with Crippen LogP contribution in [0.15, 0.2) is 187 Å². The van der Waals surface area contributed by atoms with Gasteiger partial charge in [0.15, 0.2) is 6.61 Å². The van der Waals surface area contributed by atoms with Crippen LogP contribution in [0, 0.1) is 0 Å². The second kappa shape index (κ2) is 22.4. The molecule has 322 valence electrons. The van der Waals surface area contributed by atoms with Crippen LogP contribution in [-0.4, -0.2) is 48.7 Å². The van der Waals surface area contributed by atoms with Crippen LogP contribution in [0.1, 0.15) is 55.8 Å². The summed E-state index contributed by atoms with van der Waals surface area (Å²) in [5.74, 6) is -0.708. The molecule has 0 saturated carbocycles. The second-order valence-corrected chi connectivity index (χ2v) is 16.6. The first-order chi connectivity index (χ1) is 31.1. The zero-order chi connectivity index (χ0) is 43.1. The molecule has 7 aromatic rings. The van der Waals surface area contributed by atoms with Crippen molar-refractivity contribution in [3.8, 4) is 5.75 Å². The Hall–Kier alpha value is -5.91. The maximum atomic E-state index is 12.1. The van der Waals surface area contributed by atoms with Gasteiger partial charge in [-0.3, -0.25) is 0 Å². The molecule has 6 atom stereocenters. The van der Waals surface area contributed by atoms with Crippen LogP contribution < -0.4 is 4.74 Å². The van der Waals surface area contributed by atoms with E-state index in [1.54, 1.807) is 11.3 Å². The molecule has 1 unspecified atom stereocenters. The Labute approximate surface area is 373 Å². The minimum absolute atomic E-state index is 0.0102. The van der Waals surface area contributed by atoms with Crippen LogP contribution in [-0.2, 0) is 61.3 Å². The summed E-state index contributed by atoms with van der Waals surface area (Å²) in [5.41, 5.74) is 6.89. The van der Waals surface area contributed by atoms with Crippen LogP contribution in [0.2, 0.25) is 0 Å². The molecule has 0 bridgehead atoms. The first-order valence-corrected chi connectivity index (χ1v) is 22.2. The minimum atomic E-state index is -1.09. The number of thiophene rings is 1. The number of aliphatic carboxylic acids is 1. The summed E-state index contributed by atoms with van der Waals surface area (Å²) in [6.45, 7) is 0.853. The maximum absolute atomic E-state index is 12.1. The predicted octanol–water partition coefficient (Wildman–Crippen LogP) is 11.0. The molecule has 2 heterocycles. The standard InChI is InChI=1S/C54H52O8S/c55-50(56)38-58-47-29-28-44(45(49-27-16-30-63-49)31-39-17-6-1-7-18-39)32-46(47)51-53(60-35-42-23-12-4-13-24-42)54(61-36-43-25-14-5-15-26-43)52(59-34-41-21-10-3-11-22-41)48(62-51)37-57-33-40-19-8-2-9-20-40/h1-30,32,45,48,51-54H,31,33-38H2,(H,55,56)/t45?,48-,51+,52-,53+,54+/m1/s1. The summed E-state index contributed by atoms with van der Waals surface area (Å²) >= 11 is 1.71. The van der Waals surface area contributed by atoms with Crippen LogP contribution in [0.25, 0.3) is 0 Å². The van der Waals surface area contributed by atoms with Gasteiger partial charge >= 0.3 is 5.97 Å². The molecule has 1 N–H and O–H groups in total. The van der Waals surface area contributed by atoms with E-state index in [1.165, 1.54) is 10.4 Å². The molecule has 1 aliphatic rings. The van der Waals surface area contributed by atoms with Gasteiger partial charge in [0.2, 0.25) is 0 Å². The number of carboxylic acid groups (broad SMARTS) is 1. The number of rotatable bonds is 21. The van der Waals surface area contributed by atoms with E-state index in [0.717, 1.165) is 34.2 Å². The average molecular weight is 861 g/mol. The van der Waals surface area contributed by atoms with E-state index in [0.29, 0.717) is 24.5 Å². The third-order valence-corrected chi connectivity index (χ3v) is 12.1. The Balaban J connectivity index is 1.24. The van der Waals surface area contributed by atoms with Gasteiger partial charge in [-0.15, -0.1) is 11.3 Å². The van der Waals surface area contributed by atoms with E-state index in [2.05, 4.69) is 47.8 Å². The van der Waals surface area contributed by atoms with E-state index in [4.69, 9.17) is 28.4 Å². The SMILES string of the molecule is O=C(O)COc1ccc(C(Cc2ccccc2)c2cccs2)cc1[C@@H]1O[C@H](COCc2ccccc2)[C@@H](OCc2ccccc2)[C@H](OCc2ccccc2)[C@H]1OCc1ccccc1. The van der Waals surface area contributed by atoms with Gasteiger partial charge in [-0.05, 0) is 63.4 Å². The number of benzene rings is 6. The summed E-state index contributed by atoms with van der Waals surface area (Å²) < 4.78 is 41.0. The van der Waals surface area contributed by atoms with Gasteiger partial charge in [0.25, 0.3) is 0 Å². The minimum Gasteiger partial charge on any atom is -0.482 e. The van der Waals surface area contributed by atoms with E-state index in [9.17, 15) is 9.90 Å². The van der Waals surface area contributed by atoms with Gasteiger partial charge in [-0.1, -0.05) is 164 Å². The third kappa shape index (κ3) is 12.2. The molecule has 1 aliphatic heterocycles. The van der Waals surface area contributed by atoms with Crippen molar-refractivity contribution in [3.63, 3.8) is 0 Å². The fourth-order valence-electron chi connectivity index (χ4n) is 8.04. The summed E-state index contributed by atoms with van der Waals surface area (Å²) in [6.07, 6.45) is -2.78. The Morgan fingerprint density at radius 1 is 0.571 bits per heavy atom. The highest BCUT2D eigenvalue weighted by atomic mass is 32.1. The number of carbonyl (C=O) groups is 1. The van der Waals surface area contributed by atoms with Gasteiger partial charge in [0, 0.05) is 16.4 Å². The zero-order valence-corrected chi connectivity index (χ0v) is 35.8. The topological polar surface area (TPSA) is 92.7 Å². The van der Waals surface area contributed by atoms with Crippen molar-refractivity contribution in [2.75, 3.05) is 13.2 Å². The Kier molecular flexibility index (Phi) is 15.6. The van der Waals surface area contributed by atoms with Crippen molar-refractivity contribution in [1.29, 1.82) is 0 Å². The quantitative estimate of drug-likeness (QED) is 0.0764. The van der Waals surface area contributed by atoms with E-state index < -0.39 is 43.1 Å². The van der Waals surface area contributed by atoms with E-state index in [-0.39, 0.29) is 25.7 Å². The molecule has 1 fully saturated rings. The van der Waals surface area contributed by atoms with E-state index in [1.807, 2.05) is 140 Å². The molecular formula is C54H52O8S. The summed E-state index contributed by atoms with van der Waals surface area (Å²) in [5, 5.41) is 12.0. The number of carboxylic acids is 1. The molecule has 0 aliphatic carbocycles. The Morgan fingerprint density at radius 3 is 1.60 bits per heavy atom. The van der Waals surface area contributed by atoms with Crippen LogP contribution in [0.5, 0.6) is 5.75 Å². The number of ether oxygens (including phenoxy) is 6. The smallest absolute Gasteiger partial charge is 0.341 e. The van der Waals surface area contributed by atoms with Crippen molar-refractivity contribution in [1.82, 2.24) is 0 Å². The van der Waals surface area contributed by atoms with Crippen molar-refractivity contribution in [3.05, 3.63) is 231 Å². The van der Waals surface area contributed by atoms with Gasteiger partial charge in [-0.2, -0.15) is 0 Å². The highest BCUT2D eigenvalue weighted by molar-refractivity contribution is 7.10. The molecule has 6 aromatic carbocycles. The van der Waals surface area contributed by atoms with Crippen molar-refractivity contribution >= 4 is 17.3 Å². The summed E-state index contributed by atoms with van der Waals surface area (Å²) in [6, 6.07) is 60.8.